The quantitative estimate of drug-likeness (QED) is 0.584. The van der Waals surface area contributed by atoms with E-state index in [0.29, 0.717) is 6.04 Å². The van der Waals surface area contributed by atoms with Gasteiger partial charge in [-0.25, -0.2) is 0 Å². The number of likely N-dealkylation sites (tertiary alicyclic amines) is 1. The van der Waals surface area contributed by atoms with Gasteiger partial charge in [0.25, 0.3) is 0 Å². The third kappa shape index (κ3) is 2.83. The highest BCUT2D eigenvalue weighted by Crippen LogP contribution is 2.35. The van der Waals surface area contributed by atoms with Gasteiger partial charge in [0.1, 0.15) is 0 Å². The van der Waals surface area contributed by atoms with Crippen LogP contribution in [0.15, 0.2) is 0 Å². The lowest BCUT2D eigenvalue weighted by Crippen LogP contribution is -2.62. The van der Waals surface area contributed by atoms with Crippen molar-refractivity contribution >= 4 is 0 Å². The summed E-state index contributed by atoms with van der Waals surface area (Å²) in [7, 11) is 0. The minimum Gasteiger partial charge on any atom is -0.297 e. The second-order valence-electron chi connectivity index (χ2n) is 6.39. The Hall–Kier alpha value is -0.120. The molecule has 17 heavy (non-hydrogen) atoms. The molecule has 0 radical (unpaired) electrons. The smallest absolute Gasteiger partial charge is 0.0417 e. The molecule has 2 fully saturated rings. The van der Waals surface area contributed by atoms with Gasteiger partial charge in [-0.15, -0.1) is 0 Å². The van der Waals surface area contributed by atoms with Gasteiger partial charge in [0, 0.05) is 11.6 Å². The van der Waals surface area contributed by atoms with Crippen LogP contribution in [0.5, 0.6) is 0 Å². The number of nitrogens with one attached hydrogen (secondary N) is 1. The Bertz CT molecular complexity index is 228. The van der Waals surface area contributed by atoms with E-state index in [0.717, 1.165) is 5.92 Å². The summed E-state index contributed by atoms with van der Waals surface area (Å²) in [5, 5.41) is 0. The molecular weight excluding hydrogens is 210 g/mol. The Balaban J connectivity index is 2.04. The fraction of sp³-hybridized carbons (Fsp3) is 1.00. The summed E-state index contributed by atoms with van der Waals surface area (Å²) in [6.07, 6.45) is 9.59. The van der Waals surface area contributed by atoms with E-state index < -0.39 is 0 Å². The van der Waals surface area contributed by atoms with Crippen molar-refractivity contribution in [2.24, 2.45) is 11.8 Å². The van der Waals surface area contributed by atoms with Gasteiger partial charge >= 0.3 is 0 Å². The summed E-state index contributed by atoms with van der Waals surface area (Å²) in [5.41, 5.74) is 3.34. The number of nitrogens with two attached hydrogens (primary N) is 1. The molecule has 0 bridgehead atoms. The van der Waals surface area contributed by atoms with Gasteiger partial charge in [-0.05, 0) is 58.5 Å². The van der Waals surface area contributed by atoms with Crippen LogP contribution in [0.3, 0.4) is 0 Å². The topological polar surface area (TPSA) is 41.3 Å². The van der Waals surface area contributed by atoms with E-state index in [4.69, 9.17) is 5.84 Å². The third-order valence-corrected chi connectivity index (χ3v) is 4.98. The first-order chi connectivity index (χ1) is 8.16. The Labute approximate surface area is 106 Å². The Morgan fingerprint density at radius 2 is 1.65 bits per heavy atom. The predicted octanol–water partition coefficient (Wildman–Crippen LogP) is 2.27. The van der Waals surface area contributed by atoms with Crippen LogP contribution in [0.1, 0.15) is 58.8 Å². The van der Waals surface area contributed by atoms with Crippen LogP contribution in [-0.2, 0) is 0 Å². The fourth-order valence-electron chi connectivity index (χ4n) is 3.87. The number of hydrogen-bond donors (Lipinski definition) is 2. The van der Waals surface area contributed by atoms with Crippen LogP contribution in [-0.4, -0.2) is 29.6 Å². The molecule has 1 saturated heterocycles. The highest BCUT2D eigenvalue weighted by molar-refractivity contribution is 4.98. The molecule has 1 heterocycles. The Morgan fingerprint density at radius 1 is 1.06 bits per heavy atom. The van der Waals surface area contributed by atoms with Crippen molar-refractivity contribution in [3.63, 3.8) is 0 Å². The SMILES string of the molecule is CC(C)(C(NN)C1CCCC1)N1CCCCC1. The summed E-state index contributed by atoms with van der Waals surface area (Å²) >= 11 is 0. The maximum atomic E-state index is 5.87. The van der Waals surface area contributed by atoms with Gasteiger partial charge in [-0.2, -0.15) is 0 Å². The van der Waals surface area contributed by atoms with Crippen LogP contribution in [0.25, 0.3) is 0 Å². The van der Waals surface area contributed by atoms with Crippen molar-refractivity contribution in [3.8, 4) is 0 Å². The van der Waals surface area contributed by atoms with E-state index in [1.807, 2.05) is 0 Å². The second kappa shape index (κ2) is 5.68. The van der Waals surface area contributed by atoms with E-state index in [1.54, 1.807) is 0 Å². The molecule has 0 aromatic heterocycles. The highest BCUT2D eigenvalue weighted by atomic mass is 15.3. The number of nitrogens with zero attached hydrogens (tertiary/aromatic N) is 1. The molecule has 2 rings (SSSR count). The Kier molecular flexibility index (Phi) is 4.45. The van der Waals surface area contributed by atoms with Gasteiger partial charge in [-0.1, -0.05) is 19.3 Å². The molecule has 3 nitrogen and oxygen atoms in total. The fourth-order valence-corrected chi connectivity index (χ4v) is 3.87. The minimum atomic E-state index is 0.199. The van der Waals surface area contributed by atoms with Gasteiger partial charge in [0.15, 0.2) is 0 Å². The van der Waals surface area contributed by atoms with E-state index >= 15 is 0 Å². The van der Waals surface area contributed by atoms with E-state index in [2.05, 4.69) is 24.2 Å². The molecule has 1 aliphatic heterocycles. The first kappa shape index (κ1) is 13.3. The zero-order valence-corrected chi connectivity index (χ0v) is 11.5. The zero-order valence-electron chi connectivity index (χ0n) is 11.5. The monoisotopic (exact) mass is 239 g/mol. The zero-order chi connectivity index (χ0) is 12.3. The normalized spacial score (nSPS) is 26.3. The summed E-state index contributed by atoms with van der Waals surface area (Å²) < 4.78 is 0. The standard InChI is InChI=1S/C14H29N3/c1-14(2,17-10-6-3-7-11-17)13(16-15)12-8-4-5-9-12/h12-13,16H,3-11,15H2,1-2H3. The van der Waals surface area contributed by atoms with Crippen LogP contribution in [0.4, 0.5) is 0 Å². The third-order valence-electron chi connectivity index (χ3n) is 4.98. The van der Waals surface area contributed by atoms with Crippen LogP contribution in [0, 0.1) is 5.92 Å². The Morgan fingerprint density at radius 3 is 2.18 bits per heavy atom. The average Bonchev–Trinajstić information content (AvgIpc) is 2.84. The number of piperidine rings is 1. The molecule has 0 amide bonds. The number of hydrazine groups is 1. The molecule has 1 atom stereocenters. The molecule has 3 heteroatoms. The van der Waals surface area contributed by atoms with Crippen molar-refractivity contribution < 1.29 is 0 Å². The van der Waals surface area contributed by atoms with Crippen LogP contribution in [0.2, 0.25) is 0 Å². The van der Waals surface area contributed by atoms with Gasteiger partial charge in [-0.3, -0.25) is 16.2 Å². The maximum absolute atomic E-state index is 5.87. The molecular formula is C14H29N3. The lowest BCUT2D eigenvalue weighted by atomic mass is 9.81. The lowest BCUT2D eigenvalue weighted by Gasteiger charge is -2.47. The molecule has 0 aromatic carbocycles. The number of hydrogen-bond acceptors (Lipinski definition) is 3. The van der Waals surface area contributed by atoms with Crippen LogP contribution < -0.4 is 11.3 Å². The van der Waals surface area contributed by atoms with Crippen molar-refractivity contribution in [1.82, 2.24) is 10.3 Å². The summed E-state index contributed by atoms with van der Waals surface area (Å²) in [5.74, 6) is 6.64. The summed E-state index contributed by atoms with van der Waals surface area (Å²) in [4.78, 5) is 2.65. The largest absolute Gasteiger partial charge is 0.297 e. The average molecular weight is 239 g/mol. The van der Waals surface area contributed by atoms with E-state index in [1.165, 1.54) is 58.0 Å². The molecule has 0 aromatic rings. The minimum absolute atomic E-state index is 0.199. The molecule has 1 aliphatic carbocycles. The van der Waals surface area contributed by atoms with Crippen molar-refractivity contribution in [3.05, 3.63) is 0 Å². The molecule has 3 N–H and O–H groups in total. The molecule has 0 spiro atoms. The summed E-state index contributed by atoms with van der Waals surface area (Å²) in [6, 6.07) is 0.447. The van der Waals surface area contributed by atoms with Crippen LogP contribution >= 0.6 is 0 Å². The first-order valence-electron chi connectivity index (χ1n) is 7.37. The second-order valence-corrected chi connectivity index (χ2v) is 6.39. The summed E-state index contributed by atoms with van der Waals surface area (Å²) in [6.45, 7) is 7.25. The van der Waals surface area contributed by atoms with Crippen molar-refractivity contribution in [1.29, 1.82) is 0 Å². The molecule has 1 unspecified atom stereocenters. The molecule has 2 aliphatic rings. The first-order valence-corrected chi connectivity index (χ1v) is 7.37. The van der Waals surface area contributed by atoms with Gasteiger partial charge in [0.05, 0.1) is 0 Å². The lowest BCUT2D eigenvalue weighted by molar-refractivity contribution is 0.0408. The van der Waals surface area contributed by atoms with E-state index in [-0.39, 0.29) is 5.54 Å². The highest BCUT2D eigenvalue weighted by Gasteiger charge is 2.40. The molecule has 100 valence electrons. The van der Waals surface area contributed by atoms with E-state index in [9.17, 15) is 0 Å². The maximum Gasteiger partial charge on any atom is 0.0417 e. The molecule has 1 saturated carbocycles. The predicted molar refractivity (Wildman–Crippen MR) is 72.6 cm³/mol. The van der Waals surface area contributed by atoms with Gasteiger partial charge < -0.3 is 0 Å². The van der Waals surface area contributed by atoms with Crippen molar-refractivity contribution in [2.75, 3.05) is 13.1 Å². The van der Waals surface area contributed by atoms with Crippen molar-refractivity contribution in [2.45, 2.75) is 70.4 Å². The number of rotatable bonds is 4. The van der Waals surface area contributed by atoms with Gasteiger partial charge in [0.2, 0.25) is 0 Å².